The molecule has 0 atom stereocenters. The molecule has 0 saturated carbocycles. The monoisotopic (exact) mass is 293 g/mol. The normalized spacial score (nSPS) is 10.6. The van der Waals surface area contributed by atoms with Gasteiger partial charge < -0.3 is 9.15 Å². The van der Waals surface area contributed by atoms with Crippen LogP contribution in [-0.4, -0.2) is 11.6 Å². The van der Waals surface area contributed by atoms with Crippen molar-refractivity contribution in [3.8, 4) is 28.3 Å². The summed E-state index contributed by atoms with van der Waals surface area (Å²) in [7, 11) is 0. The molecule has 22 heavy (non-hydrogen) atoms. The number of nitrogens with zero attached hydrogens (tertiary/aromatic N) is 1. The summed E-state index contributed by atoms with van der Waals surface area (Å²) in [5, 5.41) is 0. The van der Waals surface area contributed by atoms with Crippen LogP contribution in [0.3, 0.4) is 0 Å². The van der Waals surface area contributed by atoms with Crippen LogP contribution < -0.4 is 4.74 Å². The van der Waals surface area contributed by atoms with Crippen LogP contribution in [-0.2, 0) is 6.42 Å². The Morgan fingerprint density at radius 1 is 1.05 bits per heavy atom. The first-order valence-corrected chi connectivity index (χ1v) is 7.58. The van der Waals surface area contributed by atoms with Gasteiger partial charge in [-0.15, -0.1) is 0 Å². The number of pyridine rings is 1. The molecule has 0 N–H and O–H groups in total. The Labute approximate surface area is 130 Å². The van der Waals surface area contributed by atoms with Crippen LogP contribution in [0.4, 0.5) is 0 Å². The van der Waals surface area contributed by atoms with E-state index >= 15 is 0 Å². The van der Waals surface area contributed by atoms with E-state index in [1.54, 1.807) is 12.5 Å². The van der Waals surface area contributed by atoms with Gasteiger partial charge in [-0.1, -0.05) is 37.3 Å². The third-order valence-electron chi connectivity index (χ3n) is 3.63. The molecule has 0 aliphatic rings. The van der Waals surface area contributed by atoms with Crippen molar-refractivity contribution < 1.29 is 9.15 Å². The zero-order valence-electron chi connectivity index (χ0n) is 12.9. The van der Waals surface area contributed by atoms with Gasteiger partial charge in [0, 0.05) is 11.8 Å². The number of hydrogen-bond donors (Lipinski definition) is 0. The number of furan rings is 1. The van der Waals surface area contributed by atoms with Crippen LogP contribution in [0.2, 0.25) is 0 Å². The Kier molecular flexibility index (Phi) is 4.24. The van der Waals surface area contributed by atoms with Crippen molar-refractivity contribution in [2.75, 3.05) is 6.61 Å². The number of aryl methyl sites for hydroxylation is 1. The van der Waals surface area contributed by atoms with Gasteiger partial charge in [-0.05, 0) is 36.6 Å². The average Bonchev–Trinajstić information content (AvgIpc) is 3.00. The van der Waals surface area contributed by atoms with E-state index in [-0.39, 0.29) is 0 Å². The van der Waals surface area contributed by atoms with Crippen LogP contribution in [0, 0.1) is 0 Å². The molecule has 0 saturated heterocycles. The molecule has 0 fully saturated rings. The minimum absolute atomic E-state index is 0.524. The highest BCUT2D eigenvalue weighted by Crippen LogP contribution is 2.40. The minimum atomic E-state index is 0.524. The topological polar surface area (TPSA) is 35.3 Å². The molecular formula is C19H19NO2. The Morgan fingerprint density at radius 3 is 2.50 bits per heavy atom. The van der Waals surface area contributed by atoms with Crippen molar-refractivity contribution in [2.45, 2.75) is 20.3 Å². The van der Waals surface area contributed by atoms with Gasteiger partial charge in [0.1, 0.15) is 6.26 Å². The summed E-state index contributed by atoms with van der Waals surface area (Å²) in [5.41, 5.74) is 5.19. The van der Waals surface area contributed by atoms with E-state index in [2.05, 4.69) is 36.2 Å². The van der Waals surface area contributed by atoms with E-state index < -0.39 is 0 Å². The van der Waals surface area contributed by atoms with Gasteiger partial charge in [0.05, 0.1) is 17.9 Å². The third-order valence-corrected chi connectivity index (χ3v) is 3.63. The second kappa shape index (κ2) is 6.48. The van der Waals surface area contributed by atoms with Gasteiger partial charge in [-0.2, -0.15) is 0 Å². The molecular weight excluding hydrogens is 274 g/mol. The number of benzene rings is 1. The van der Waals surface area contributed by atoms with E-state index in [1.165, 1.54) is 5.56 Å². The molecule has 3 aromatic rings. The first-order chi connectivity index (χ1) is 10.8. The maximum Gasteiger partial charge on any atom is 0.294 e. The lowest BCUT2D eigenvalue weighted by Gasteiger charge is -2.06. The Bertz CT molecular complexity index is 730. The fourth-order valence-electron chi connectivity index (χ4n) is 2.46. The molecule has 3 heteroatoms. The molecule has 2 heterocycles. The largest absolute Gasteiger partial charge is 0.465 e. The highest BCUT2D eigenvalue weighted by Gasteiger charge is 2.19. The predicted molar refractivity (Wildman–Crippen MR) is 87.9 cm³/mol. The quantitative estimate of drug-likeness (QED) is 0.666. The second-order valence-corrected chi connectivity index (χ2v) is 5.01. The number of rotatable bonds is 5. The molecule has 0 aliphatic heterocycles. The Morgan fingerprint density at radius 2 is 1.86 bits per heavy atom. The number of aromatic nitrogens is 1. The zero-order chi connectivity index (χ0) is 15.4. The first-order valence-electron chi connectivity index (χ1n) is 7.58. The minimum Gasteiger partial charge on any atom is -0.465 e. The molecule has 2 aromatic heterocycles. The summed E-state index contributed by atoms with van der Waals surface area (Å²) in [4.78, 5) is 4.44. The highest BCUT2D eigenvalue weighted by atomic mass is 16.6. The Hall–Kier alpha value is -2.55. The Balaban J connectivity index is 2.11. The molecule has 0 aliphatic carbocycles. The van der Waals surface area contributed by atoms with Crippen molar-refractivity contribution in [2.24, 2.45) is 0 Å². The van der Waals surface area contributed by atoms with Crippen molar-refractivity contribution in [1.29, 1.82) is 0 Å². The molecule has 0 radical (unpaired) electrons. The average molecular weight is 293 g/mol. The molecule has 112 valence electrons. The fourth-order valence-corrected chi connectivity index (χ4v) is 2.46. The third kappa shape index (κ3) is 2.75. The maximum absolute atomic E-state index is 5.64. The van der Waals surface area contributed by atoms with E-state index in [0.29, 0.717) is 12.6 Å². The number of ether oxygens (including phenoxy) is 1. The first kappa shape index (κ1) is 14.4. The van der Waals surface area contributed by atoms with Gasteiger partial charge in [-0.3, -0.25) is 4.98 Å². The van der Waals surface area contributed by atoms with Crippen LogP contribution in [0.5, 0.6) is 5.95 Å². The lowest BCUT2D eigenvalue weighted by Crippen LogP contribution is -1.93. The van der Waals surface area contributed by atoms with Crippen LogP contribution in [0.25, 0.3) is 22.4 Å². The number of hydrogen-bond acceptors (Lipinski definition) is 3. The van der Waals surface area contributed by atoms with Crippen LogP contribution in [0.15, 0.2) is 59.3 Å². The lowest BCUT2D eigenvalue weighted by molar-refractivity contribution is 0.259. The summed E-state index contributed by atoms with van der Waals surface area (Å²) in [6.07, 6.45) is 4.56. The van der Waals surface area contributed by atoms with Gasteiger partial charge in [0.15, 0.2) is 0 Å². The van der Waals surface area contributed by atoms with E-state index in [9.17, 15) is 0 Å². The van der Waals surface area contributed by atoms with Gasteiger partial charge >= 0.3 is 0 Å². The fraction of sp³-hybridized carbons (Fsp3) is 0.211. The van der Waals surface area contributed by atoms with E-state index in [0.717, 1.165) is 28.8 Å². The molecule has 0 spiro atoms. The molecule has 1 aromatic carbocycles. The van der Waals surface area contributed by atoms with Crippen molar-refractivity contribution >= 4 is 0 Å². The van der Waals surface area contributed by atoms with Crippen molar-refractivity contribution in [1.82, 2.24) is 4.98 Å². The van der Waals surface area contributed by atoms with E-state index in [4.69, 9.17) is 9.15 Å². The molecule has 3 nitrogen and oxygen atoms in total. The summed E-state index contributed by atoms with van der Waals surface area (Å²) >= 11 is 0. The van der Waals surface area contributed by atoms with Crippen LogP contribution in [0.1, 0.15) is 19.4 Å². The van der Waals surface area contributed by atoms with Gasteiger partial charge in [0.25, 0.3) is 5.95 Å². The van der Waals surface area contributed by atoms with Crippen LogP contribution >= 0.6 is 0 Å². The van der Waals surface area contributed by atoms with Crippen molar-refractivity contribution in [3.05, 3.63) is 60.5 Å². The predicted octanol–water partition coefficient (Wildman–Crippen LogP) is 4.97. The molecule has 0 bridgehead atoms. The second-order valence-electron chi connectivity index (χ2n) is 5.01. The van der Waals surface area contributed by atoms with E-state index in [1.807, 2.05) is 25.1 Å². The highest BCUT2D eigenvalue weighted by molar-refractivity contribution is 5.84. The molecule has 3 rings (SSSR count). The molecule has 0 amide bonds. The van der Waals surface area contributed by atoms with Crippen molar-refractivity contribution in [3.63, 3.8) is 0 Å². The lowest BCUT2D eigenvalue weighted by atomic mass is 10.00. The summed E-state index contributed by atoms with van der Waals surface area (Å²) in [6.45, 7) is 4.65. The van der Waals surface area contributed by atoms with Gasteiger partial charge in [-0.25, -0.2) is 0 Å². The smallest absolute Gasteiger partial charge is 0.294 e. The zero-order valence-corrected chi connectivity index (χ0v) is 12.9. The maximum atomic E-state index is 5.64. The SMILES string of the molecule is CCOc1occ(-c2ccc(CC)cc2)c1-c1ccccn1. The summed E-state index contributed by atoms with van der Waals surface area (Å²) in [5.74, 6) is 0.524. The standard InChI is InChI=1S/C19H19NO2/c1-3-14-8-10-15(11-9-14)16-13-22-19(21-4-2)18(16)17-7-5-6-12-20-17/h5-13H,3-4H2,1-2H3. The summed E-state index contributed by atoms with van der Waals surface area (Å²) < 4.78 is 11.3. The molecule has 0 unspecified atom stereocenters. The summed E-state index contributed by atoms with van der Waals surface area (Å²) in [6, 6.07) is 14.4. The van der Waals surface area contributed by atoms with Gasteiger partial charge in [0.2, 0.25) is 0 Å².